The van der Waals surface area contributed by atoms with Crippen molar-refractivity contribution in [2.24, 2.45) is 0 Å². The molecule has 0 fully saturated rings. The van der Waals surface area contributed by atoms with Crippen LogP contribution in [0.25, 0.3) is 12.2 Å². The maximum absolute atomic E-state index is 11.0. The van der Waals surface area contributed by atoms with E-state index in [1.54, 1.807) is 36.4 Å². The molecule has 0 aliphatic heterocycles. The molecule has 0 radical (unpaired) electrons. The smallest absolute Gasteiger partial charge is 0.339 e. The van der Waals surface area contributed by atoms with Crippen molar-refractivity contribution in [3.8, 4) is 11.5 Å². The van der Waals surface area contributed by atoms with Gasteiger partial charge in [-0.1, -0.05) is 18.2 Å². The molecule has 0 atom stereocenters. The highest BCUT2D eigenvalue weighted by atomic mass is 16.4. The van der Waals surface area contributed by atoms with Crippen molar-refractivity contribution >= 4 is 12.2 Å². The number of benzene rings is 1. The average Bonchev–Trinajstić information content (AvgIpc) is 2.27. The van der Waals surface area contributed by atoms with Gasteiger partial charge in [-0.2, -0.15) is 0 Å². The normalized spacial score (nSPS) is 10.8. The topological polar surface area (TPSA) is 70.7 Å². The van der Waals surface area contributed by atoms with Gasteiger partial charge in [-0.25, -0.2) is 4.79 Å². The number of aromatic hydroxyl groups is 2. The minimum absolute atomic E-state index is 0.133. The van der Waals surface area contributed by atoms with Gasteiger partial charge in [0.25, 0.3) is 0 Å². The second-order valence-corrected chi connectivity index (χ2v) is 3.46. The third-order valence-electron chi connectivity index (χ3n) is 2.11. The van der Waals surface area contributed by atoms with Gasteiger partial charge in [-0.05, 0) is 23.8 Å². The summed E-state index contributed by atoms with van der Waals surface area (Å²) in [6, 6.07) is 8.88. The van der Waals surface area contributed by atoms with Crippen LogP contribution in [0, 0.1) is 0 Å². The van der Waals surface area contributed by atoms with Crippen LogP contribution in [0.2, 0.25) is 0 Å². The summed E-state index contributed by atoms with van der Waals surface area (Å²) >= 11 is 0. The minimum Gasteiger partial charge on any atom is -0.508 e. The van der Waals surface area contributed by atoms with Crippen LogP contribution in [0.3, 0.4) is 0 Å². The highest BCUT2D eigenvalue weighted by Crippen LogP contribution is 2.14. The second kappa shape index (κ2) is 4.57. The summed E-state index contributed by atoms with van der Waals surface area (Å²) in [6.07, 6.45) is 3.27. The summed E-state index contributed by atoms with van der Waals surface area (Å²) in [7, 11) is 0. The number of rotatable bonds is 2. The number of phenols is 1. The lowest BCUT2D eigenvalue weighted by molar-refractivity contribution is 0.444. The second-order valence-electron chi connectivity index (χ2n) is 3.46. The molecule has 2 N–H and O–H groups in total. The van der Waals surface area contributed by atoms with Gasteiger partial charge in [0.05, 0.1) is 6.07 Å². The van der Waals surface area contributed by atoms with Crippen molar-refractivity contribution < 1.29 is 14.6 Å². The Morgan fingerprint density at radius 1 is 0.941 bits per heavy atom. The van der Waals surface area contributed by atoms with Crippen LogP contribution in [-0.4, -0.2) is 10.2 Å². The number of phenolic OH excluding ortho intramolecular Hbond substituents is 1. The Balaban J connectivity index is 2.25. The molecule has 0 saturated heterocycles. The number of hydrogen-bond donors (Lipinski definition) is 2. The predicted octanol–water partition coefficient (Wildman–Crippen LogP) is 2.22. The Morgan fingerprint density at radius 2 is 1.65 bits per heavy atom. The summed E-state index contributed by atoms with van der Waals surface area (Å²) in [5.41, 5.74) is 0.240. The van der Waals surface area contributed by atoms with Crippen LogP contribution < -0.4 is 5.63 Å². The van der Waals surface area contributed by atoms with Gasteiger partial charge in [0.1, 0.15) is 17.3 Å². The molecule has 1 aromatic heterocycles. The molecule has 86 valence electrons. The summed E-state index contributed by atoms with van der Waals surface area (Å²) in [4.78, 5) is 11.0. The highest BCUT2D eigenvalue weighted by molar-refractivity contribution is 5.67. The van der Waals surface area contributed by atoms with Gasteiger partial charge in [-0.3, -0.25) is 0 Å². The molecule has 4 nitrogen and oxygen atoms in total. The molecule has 1 aromatic carbocycles. The predicted molar refractivity (Wildman–Crippen MR) is 63.7 cm³/mol. The van der Waals surface area contributed by atoms with Crippen LogP contribution in [0.15, 0.2) is 45.6 Å². The maximum Gasteiger partial charge on any atom is 0.339 e. The molecule has 4 heteroatoms. The van der Waals surface area contributed by atoms with Crippen LogP contribution in [0.5, 0.6) is 11.5 Å². The molecular weight excluding hydrogens is 220 g/mol. The zero-order chi connectivity index (χ0) is 12.3. The Hall–Kier alpha value is -2.49. The van der Waals surface area contributed by atoms with Crippen LogP contribution in [0.1, 0.15) is 11.3 Å². The number of hydrogen-bond acceptors (Lipinski definition) is 4. The van der Waals surface area contributed by atoms with E-state index in [2.05, 4.69) is 0 Å². The van der Waals surface area contributed by atoms with Crippen molar-refractivity contribution in [3.05, 3.63) is 58.1 Å². The average molecular weight is 230 g/mol. The van der Waals surface area contributed by atoms with E-state index >= 15 is 0 Å². The first-order chi connectivity index (χ1) is 8.13. The molecule has 2 rings (SSSR count). The Kier molecular flexibility index (Phi) is 2.96. The van der Waals surface area contributed by atoms with E-state index in [4.69, 9.17) is 9.52 Å². The minimum atomic E-state index is -0.602. The fraction of sp³-hybridized carbons (Fsp3) is 0. The van der Waals surface area contributed by atoms with Gasteiger partial charge in [0.15, 0.2) is 0 Å². The lowest BCUT2D eigenvalue weighted by Crippen LogP contribution is -1.95. The molecule has 0 unspecified atom stereocenters. The Bertz CT molecular complexity index is 594. The van der Waals surface area contributed by atoms with Gasteiger partial charge in [0, 0.05) is 6.07 Å². The summed E-state index contributed by atoms with van der Waals surface area (Å²) in [5.74, 6) is 0.320. The monoisotopic (exact) mass is 230 g/mol. The quantitative estimate of drug-likeness (QED) is 0.829. The van der Waals surface area contributed by atoms with E-state index in [-0.39, 0.29) is 17.3 Å². The molecule has 0 amide bonds. The van der Waals surface area contributed by atoms with Crippen molar-refractivity contribution in [2.75, 3.05) is 0 Å². The third kappa shape index (κ3) is 2.98. The van der Waals surface area contributed by atoms with Gasteiger partial charge >= 0.3 is 5.63 Å². The molecule has 0 aliphatic carbocycles. The van der Waals surface area contributed by atoms with Crippen LogP contribution >= 0.6 is 0 Å². The van der Waals surface area contributed by atoms with E-state index < -0.39 is 5.63 Å². The standard InChI is InChI=1S/C13H10O4/c14-10-4-1-9(2-5-10)3-6-12-7-11(15)8-13(16)17-12/h1-8,14-15H. The first-order valence-electron chi connectivity index (χ1n) is 4.95. The van der Waals surface area contributed by atoms with Crippen molar-refractivity contribution in [3.63, 3.8) is 0 Å². The Morgan fingerprint density at radius 3 is 2.29 bits per heavy atom. The fourth-order valence-electron chi connectivity index (χ4n) is 1.33. The molecule has 17 heavy (non-hydrogen) atoms. The molecule has 0 aliphatic rings. The van der Waals surface area contributed by atoms with E-state index in [1.807, 2.05) is 0 Å². The Labute approximate surface area is 97.1 Å². The zero-order valence-corrected chi connectivity index (χ0v) is 8.83. The molecule has 2 aromatic rings. The molecule has 0 bridgehead atoms. The van der Waals surface area contributed by atoms with Crippen LogP contribution in [0.4, 0.5) is 0 Å². The highest BCUT2D eigenvalue weighted by Gasteiger charge is 1.96. The molecule has 1 heterocycles. The largest absolute Gasteiger partial charge is 0.508 e. The van der Waals surface area contributed by atoms with Crippen molar-refractivity contribution in [2.45, 2.75) is 0 Å². The van der Waals surface area contributed by atoms with Crippen molar-refractivity contribution in [1.29, 1.82) is 0 Å². The van der Waals surface area contributed by atoms with E-state index in [0.717, 1.165) is 11.6 Å². The lowest BCUT2D eigenvalue weighted by atomic mass is 10.2. The van der Waals surface area contributed by atoms with Gasteiger partial charge < -0.3 is 14.6 Å². The molecule has 0 spiro atoms. The van der Waals surface area contributed by atoms with Crippen molar-refractivity contribution in [1.82, 2.24) is 0 Å². The summed E-state index contributed by atoms with van der Waals surface area (Å²) in [6.45, 7) is 0. The third-order valence-corrected chi connectivity index (χ3v) is 2.11. The molecular formula is C13H10O4. The SMILES string of the molecule is O=c1cc(O)cc(C=Cc2ccc(O)cc2)o1. The van der Waals surface area contributed by atoms with E-state index in [0.29, 0.717) is 0 Å². The van der Waals surface area contributed by atoms with Gasteiger partial charge in [0.2, 0.25) is 0 Å². The first kappa shape index (κ1) is 11.0. The lowest BCUT2D eigenvalue weighted by Gasteiger charge is -1.95. The van der Waals surface area contributed by atoms with E-state index in [9.17, 15) is 9.90 Å². The summed E-state index contributed by atoms with van der Waals surface area (Å²) in [5, 5.41) is 18.3. The first-order valence-corrected chi connectivity index (χ1v) is 4.95. The maximum atomic E-state index is 11.0. The zero-order valence-electron chi connectivity index (χ0n) is 8.83. The summed E-state index contributed by atoms with van der Waals surface area (Å²) < 4.78 is 4.85. The molecule has 0 saturated carbocycles. The van der Waals surface area contributed by atoms with E-state index in [1.165, 1.54) is 6.07 Å². The fourth-order valence-corrected chi connectivity index (χ4v) is 1.33. The van der Waals surface area contributed by atoms with Gasteiger partial charge in [-0.15, -0.1) is 0 Å². The van der Waals surface area contributed by atoms with Crippen LogP contribution in [-0.2, 0) is 0 Å².